The lowest BCUT2D eigenvalue weighted by Gasteiger charge is -2.09. The van der Waals surface area contributed by atoms with E-state index in [0.717, 1.165) is 52.4 Å². The summed E-state index contributed by atoms with van der Waals surface area (Å²) >= 11 is 0. The van der Waals surface area contributed by atoms with Gasteiger partial charge in [-0.1, -0.05) is 107 Å². The maximum absolute atomic E-state index is 9.89. The zero-order chi connectivity index (χ0) is 79.1. The molecule has 0 aliphatic carbocycles. The van der Waals surface area contributed by atoms with Gasteiger partial charge >= 0.3 is 0 Å². The maximum Gasteiger partial charge on any atom is 0.169 e. The smallest absolute Gasteiger partial charge is 0.169 e. The Morgan fingerprint density at radius 3 is 0.317 bits per heavy atom. The number of pyridine rings is 8. The van der Waals surface area contributed by atoms with Gasteiger partial charge in [-0.3, -0.25) is 0 Å². The second-order valence-corrected chi connectivity index (χ2v) is 24.8. The Morgan fingerprint density at radius 2 is 0.260 bits per heavy atom. The number of rotatable bonds is 24. The Hall–Kier alpha value is -7.14. The van der Waals surface area contributed by atoms with Crippen LogP contribution in [0.25, 0.3) is 0 Å². The van der Waals surface area contributed by atoms with Crippen molar-refractivity contribution in [1.29, 1.82) is 0 Å². The Morgan fingerprint density at radius 1 is 0.192 bits per heavy atom. The number of unbranched alkanes of at least 4 members (excludes halogenated alkanes) is 8. The lowest BCUT2D eigenvalue weighted by Crippen LogP contribution is -2.39. The molecule has 0 fully saturated rings. The van der Waals surface area contributed by atoms with Crippen LogP contribution in [0.15, 0.2) is 196 Å². The minimum atomic E-state index is -3.17. The van der Waals surface area contributed by atoms with Gasteiger partial charge in [-0.2, -0.15) is 0 Å². The fraction of sp³-hybridized carbons (Fsp3) is 0.500. The van der Waals surface area contributed by atoms with E-state index in [-0.39, 0.29) is 0 Å². The standard InChI is InChI=1S/8C10H16N.4BFO2/c8*1-3-4-7-11-8-5-10(2)6-9-11;4*2-1(3)4/h8*5-6,8-9H,3-4,7H2,1-2H3;;;;/q8*+1;4*-2. The van der Waals surface area contributed by atoms with Crippen molar-refractivity contribution < 1.29 is 94.0 Å². The van der Waals surface area contributed by atoms with E-state index in [1.54, 1.807) is 0 Å². The summed E-state index contributed by atoms with van der Waals surface area (Å²) in [7, 11) is -12.7. The molecule has 0 aliphatic heterocycles. The highest BCUT2D eigenvalue weighted by Gasteiger charge is 2.03. The van der Waals surface area contributed by atoms with E-state index in [4.69, 9.17) is 40.2 Å². The first-order valence-corrected chi connectivity index (χ1v) is 37.0. The van der Waals surface area contributed by atoms with Gasteiger partial charge in [0.05, 0.1) is 0 Å². The van der Waals surface area contributed by atoms with Crippen molar-refractivity contribution >= 4 is 29.6 Å². The number of hydrogen-bond donors (Lipinski definition) is 0. The average Bonchev–Trinajstić information content (AvgIpc) is 1.18. The van der Waals surface area contributed by atoms with E-state index in [1.807, 2.05) is 0 Å². The molecular formula is C80H128B4F4N8O8. The van der Waals surface area contributed by atoms with Crippen molar-refractivity contribution in [3.63, 3.8) is 0 Å². The average molecular weight is 1450 g/mol. The fourth-order valence-corrected chi connectivity index (χ4v) is 8.17. The number of aromatic nitrogens is 8. The third-order valence-electron chi connectivity index (χ3n) is 14.6. The molecule has 0 N–H and O–H groups in total. The molecule has 0 aromatic carbocycles. The predicted molar refractivity (Wildman–Crippen MR) is 398 cm³/mol. The van der Waals surface area contributed by atoms with E-state index >= 15 is 0 Å². The van der Waals surface area contributed by atoms with Crippen molar-refractivity contribution in [3.05, 3.63) is 241 Å². The number of halogens is 4. The van der Waals surface area contributed by atoms with E-state index < -0.39 is 29.6 Å². The molecule has 8 heterocycles. The Balaban J connectivity index is -0.000000533. The number of hydrogen-bond acceptors (Lipinski definition) is 8. The topological polar surface area (TPSA) is 216 Å². The third-order valence-corrected chi connectivity index (χ3v) is 14.6. The van der Waals surface area contributed by atoms with Crippen molar-refractivity contribution in [2.45, 2.75) is 266 Å². The van der Waals surface area contributed by atoms with Crippen LogP contribution in [0.5, 0.6) is 0 Å². The van der Waals surface area contributed by atoms with Crippen molar-refractivity contribution in [2.75, 3.05) is 0 Å². The van der Waals surface area contributed by atoms with Crippen LogP contribution in [0.2, 0.25) is 0 Å². The lowest BCUT2D eigenvalue weighted by atomic mass is 10.3. The van der Waals surface area contributed by atoms with Gasteiger partial charge in [0.15, 0.2) is 99.1 Å². The largest absolute Gasteiger partial charge is 0.867 e. The van der Waals surface area contributed by atoms with Crippen LogP contribution in [0, 0.1) is 55.4 Å². The fourth-order valence-electron chi connectivity index (χ4n) is 8.17. The summed E-state index contributed by atoms with van der Waals surface area (Å²) in [4.78, 5) is 0. The first kappa shape index (κ1) is 103. The van der Waals surface area contributed by atoms with E-state index in [9.17, 15) is 17.3 Å². The molecule has 104 heavy (non-hydrogen) atoms. The molecule has 0 atom stereocenters. The van der Waals surface area contributed by atoms with Crippen LogP contribution < -0.4 is 76.7 Å². The summed E-state index contributed by atoms with van der Waals surface area (Å²) in [6, 6.07) is 34.4. The van der Waals surface area contributed by atoms with Gasteiger partial charge < -0.3 is 57.5 Å². The summed E-state index contributed by atoms with van der Waals surface area (Å²) in [5, 5.41) is 66.4. The third kappa shape index (κ3) is 76.0. The molecular weight excluding hydrogens is 1320 g/mol. The predicted octanol–water partition coefficient (Wildman–Crippen LogP) is 7.31. The Labute approximate surface area is 627 Å². The molecule has 0 unspecified atom stereocenters. The van der Waals surface area contributed by atoms with Gasteiger partial charge in [-0.05, 0) is 99.9 Å². The van der Waals surface area contributed by atoms with Crippen LogP contribution in [0.4, 0.5) is 17.3 Å². The van der Waals surface area contributed by atoms with E-state index in [2.05, 4.69) is 344 Å². The molecule has 0 radical (unpaired) electrons. The highest BCUT2D eigenvalue weighted by molar-refractivity contribution is 6.27. The molecule has 8 rings (SSSR count). The second kappa shape index (κ2) is 72.8. The Bertz CT molecular complexity index is 2460. The molecule has 0 spiro atoms. The molecule has 8 aromatic heterocycles. The molecule has 24 heteroatoms. The minimum Gasteiger partial charge on any atom is -0.867 e. The van der Waals surface area contributed by atoms with Gasteiger partial charge in [0.2, 0.25) is 0 Å². The SMILES string of the molecule is CCCC[n+]1ccc(C)cc1.CCCC[n+]1ccc(C)cc1.CCCC[n+]1ccc(C)cc1.CCCC[n+]1ccc(C)cc1.CCCC[n+]1ccc(C)cc1.CCCC[n+]1ccc(C)cc1.CCCC[n+]1ccc(C)cc1.CCCC[n+]1ccc(C)cc1.[O-]B([O-])F.[O-]B([O-])F.[O-]B([O-])F.[O-]B([O-])F. The van der Waals surface area contributed by atoms with Gasteiger partial charge in [0.25, 0.3) is 0 Å². The first-order valence-electron chi connectivity index (χ1n) is 37.0. The quantitative estimate of drug-likeness (QED) is 0.0339. The highest BCUT2D eigenvalue weighted by Crippen LogP contribution is 1.98. The van der Waals surface area contributed by atoms with Crippen molar-refractivity contribution in [3.8, 4) is 0 Å². The zero-order valence-electron chi connectivity index (χ0n) is 66.1. The van der Waals surface area contributed by atoms with Gasteiger partial charge in [-0.15, -0.1) is 0 Å². The molecule has 16 nitrogen and oxygen atoms in total. The van der Waals surface area contributed by atoms with Crippen LogP contribution in [0.1, 0.15) is 203 Å². The summed E-state index contributed by atoms with van der Waals surface area (Å²) in [6.07, 6.45) is 54.6. The van der Waals surface area contributed by atoms with Crippen LogP contribution in [0.3, 0.4) is 0 Å². The highest BCUT2D eigenvalue weighted by atomic mass is 19.1. The number of nitrogens with zero attached hydrogens (tertiary/aromatic N) is 8. The van der Waals surface area contributed by atoms with Gasteiger partial charge in [-0.25, -0.2) is 36.5 Å². The van der Waals surface area contributed by atoms with Gasteiger partial charge in [0.1, 0.15) is 81.9 Å². The number of aryl methyl sites for hydroxylation is 16. The van der Waals surface area contributed by atoms with Crippen molar-refractivity contribution in [1.82, 2.24) is 0 Å². The molecule has 0 aliphatic rings. The van der Waals surface area contributed by atoms with Crippen LogP contribution in [-0.4, -0.2) is 29.6 Å². The molecule has 0 saturated heterocycles. The maximum atomic E-state index is 9.89. The minimum absolute atomic E-state index is 1.15. The summed E-state index contributed by atoms with van der Waals surface area (Å²) in [5.74, 6) is 0. The molecule has 0 amide bonds. The van der Waals surface area contributed by atoms with E-state index in [1.165, 1.54) is 147 Å². The molecule has 0 saturated carbocycles. The second-order valence-electron chi connectivity index (χ2n) is 24.8. The molecule has 0 bridgehead atoms. The van der Waals surface area contributed by atoms with Crippen LogP contribution >= 0.6 is 0 Å². The van der Waals surface area contributed by atoms with Crippen molar-refractivity contribution in [2.24, 2.45) is 0 Å². The summed E-state index contributed by atoms with van der Waals surface area (Å²) in [5.41, 5.74) is 10.6. The molecule has 8 aromatic rings. The zero-order valence-corrected chi connectivity index (χ0v) is 66.1. The van der Waals surface area contributed by atoms with Crippen LogP contribution in [-0.2, 0) is 52.4 Å². The normalized spacial score (nSPS) is 9.50. The summed E-state index contributed by atoms with van der Waals surface area (Å²) in [6.45, 7) is 43.9. The van der Waals surface area contributed by atoms with E-state index in [0.29, 0.717) is 0 Å². The molecule has 576 valence electrons. The lowest BCUT2D eigenvalue weighted by molar-refractivity contribution is -0.697. The Kier molecular flexibility index (Phi) is 72.2. The first-order chi connectivity index (χ1) is 49.5. The summed E-state index contributed by atoms with van der Waals surface area (Å²) < 4.78 is 57.4. The van der Waals surface area contributed by atoms with Gasteiger partial charge in [0, 0.05) is 148 Å². The monoisotopic (exact) mass is 1450 g/mol.